The molecule has 0 radical (unpaired) electrons. The molecule has 5 rings (SSSR count). The van der Waals surface area contributed by atoms with Gasteiger partial charge in [-0.05, 0) is 31.7 Å². The predicted octanol–water partition coefficient (Wildman–Crippen LogP) is 2.88. The average molecular weight is 319 g/mol. The second kappa shape index (κ2) is 5.02. The molecule has 1 aliphatic carbocycles. The quantitative estimate of drug-likeness (QED) is 0.604. The van der Waals surface area contributed by atoms with Crippen molar-refractivity contribution in [3.05, 3.63) is 36.9 Å². The van der Waals surface area contributed by atoms with E-state index in [1.54, 1.807) is 10.7 Å². The first kappa shape index (κ1) is 13.5. The first-order chi connectivity index (χ1) is 11.8. The fraction of sp³-hybridized carbons (Fsp3) is 0.294. The normalized spacial score (nSPS) is 15.9. The van der Waals surface area contributed by atoms with Crippen LogP contribution in [0.25, 0.3) is 27.9 Å². The number of nitrogens with zero attached hydrogens (tertiary/aromatic N) is 5. The number of rotatable bonds is 4. The number of nitrogens with one attached hydrogen (secondary N) is 2. The number of aromatic amines is 1. The van der Waals surface area contributed by atoms with Crippen LogP contribution in [-0.2, 0) is 0 Å². The van der Waals surface area contributed by atoms with Crippen molar-refractivity contribution < 1.29 is 0 Å². The maximum Gasteiger partial charge on any atom is 0.224 e. The van der Waals surface area contributed by atoms with Crippen LogP contribution in [0.2, 0.25) is 0 Å². The molecule has 0 unspecified atom stereocenters. The predicted molar refractivity (Wildman–Crippen MR) is 91.7 cm³/mol. The molecule has 0 aliphatic heterocycles. The van der Waals surface area contributed by atoms with Crippen LogP contribution in [0, 0.1) is 5.92 Å². The van der Waals surface area contributed by atoms with E-state index < -0.39 is 0 Å². The Morgan fingerprint density at radius 3 is 3.08 bits per heavy atom. The number of fused-ring (bicyclic) bond motifs is 2. The van der Waals surface area contributed by atoms with Crippen molar-refractivity contribution in [2.45, 2.75) is 25.8 Å². The molecule has 0 spiro atoms. The largest absolute Gasteiger partial charge is 0.351 e. The van der Waals surface area contributed by atoms with Gasteiger partial charge in [-0.15, -0.1) is 0 Å². The lowest BCUT2D eigenvalue weighted by Gasteiger charge is -2.12. The summed E-state index contributed by atoms with van der Waals surface area (Å²) in [5, 5.41) is 8.54. The lowest BCUT2D eigenvalue weighted by Crippen LogP contribution is -2.18. The van der Waals surface area contributed by atoms with Gasteiger partial charge in [0.05, 0.1) is 11.9 Å². The van der Waals surface area contributed by atoms with Crippen LogP contribution in [-0.4, -0.2) is 35.6 Å². The number of hydrogen-bond acceptors (Lipinski definition) is 5. The van der Waals surface area contributed by atoms with Crippen LogP contribution in [0.4, 0.5) is 5.95 Å². The summed E-state index contributed by atoms with van der Waals surface area (Å²) >= 11 is 0. The smallest absolute Gasteiger partial charge is 0.224 e. The van der Waals surface area contributed by atoms with Gasteiger partial charge in [0, 0.05) is 41.6 Å². The fourth-order valence-corrected chi connectivity index (χ4v) is 3.07. The SMILES string of the molecule is C[C@@H](Nc1ncc2c(-c3ccn4nccc4n3)c[nH]c2n1)C1CC1. The van der Waals surface area contributed by atoms with Gasteiger partial charge in [-0.1, -0.05) is 0 Å². The highest BCUT2D eigenvalue weighted by Gasteiger charge is 2.28. The Morgan fingerprint density at radius 2 is 2.21 bits per heavy atom. The summed E-state index contributed by atoms with van der Waals surface area (Å²) < 4.78 is 1.75. The monoisotopic (exact) mass is 319 g/mol. The number of anilines is 1. The van der Waals surface area contributed by atoms with Crippen LogP contribution < -0.4 is 5.32 Å². The van der Waals surface area contributed by atoms with E-state index in [1.807, 2.05) is 30.7 Å². The van der Waals surface area contributed by atoms with Gasteiger partial charge in [-0.3, -0.25) is 0 Å². The third-order valence-electron chi connectivity index (χ3n) is 4.65. The maximum atomic E-state index is 4.64. The number of H-pyrrole nitrogens is 1. The number of aromatic nitrogens is 6. The standard InChI is InChI=1S/C17H17N7/c1-10(11-2-3-11)21-17-19-9-13-12(8-18-16(13)23-17)14-5-7-24-15(22-14)4-6-20-24/h4-11H,2-3H2,1H3,(H2,18,19,21,23)/t10-/m1/s1. The van der Waals surface area contributed by atoms with E-state index in [2.05, 4.69) is 37.3 Å². The van der Waals surface area contributed by atoms with E-state index in [0.717, 1.165) is 33.9 Å². The summed E-state index contributed by atoms with van der Waals surface area (Å²) in [5.41, 5.74) is 3.51. The van der Waals surface area contributed by atoms with Crippen LogP contribution in [0.3, 0.4) is 0 Å². The summed E-state index contributed by atoms with van der Waals surface area (Å²) in [5.74, 6) is 1.43. The van der Waals surface area contributed by atoms with Gasteiger partial charge in [0.15, 0.2) is 5.65 Å². The fourth-order valence-electron chi connectivity index (χ4n) is 3.07. The Balaban J connectivity index is 1.52. The van der Waals surface area contributed by atoms with Crippen LogP contribution in [0.5, 0.6) is 0 Å². The maximum absolute atomic E-state index is 4.64. The highest BCUT2D eigenvalue weighted by atomic mass is 15.2. The van der Waals surface area contributed by atoms with Crippen molar-refractivity contribution in [1.82, 2.24) is 29.5 Å². The molecular weight excluding hydrogens is 302 g/mol. The Bertz CT molecular complexity index is 1030. The van der Waals surface area contributed by atoms with Crippen molar-refractivity contribution in [1.29, 1.82) is 0 Å². The zero-order valence-corrected chi connectivity index (χ0v) is 13.3. The summed E-state index contributed by atoms with van der Waals surface area (Å²) in [6.07, 6.45) is 10.0. The minimum absolute atomic E-state index is 0.419. The molecular formula is C17H17N7. The van der Waals surface area contributed by atoms with Crippen LogP contribution >= 0.6 is 0 Å². The van der Waals surface area contributed by atoms with E-state index in [0.29, 0.717) is 12.0 Å². The van der Waals surface area contributed by atoms with Gasteiger partial charge in [-0.25, -0.2) is 14.5 Å². The first-order valence-corrected chi connectivity index (χ1v) is 8.19. The molecule has 7 heteroatoms. The molecule has 4 aromatic heterocycles. The van der Waals surface area contributed by atoms with Crippen molar-refractivity contribution in [3.63, 3.8) is 0 Å². The molecule has 0 saturated heterocycles. The third kappa shape index (κ3) is 2.20. The second-order valence-electron chi connectivity index (χ2n) is 6.38. The Labute approximate surface area is 138 Å². The average Bonchev–Trinajstić information content (AvgIpc) is 3.20. The highest BCUT2D eigenvalue weighted by molar-refractivity contribution is 5.92. The molecule has 0 bridgehead atoms. The zero-order valence-electron chi connectivity index (χ0n) is 13.3. The molecule has 4 heterocycles. The molecule has 1 fully saturated rings. The van der Waals surface area contributed by atoms with Gasteiger partial charge < -0.3 is 10.3 Å². The Morgan fingerprint density at radius 1 is 1.29 bits per heavy atom. The molecule has 1 saturated carbocycles. The van der Waals surface area contributed by atoms with E-state index in [-0.39, 0.29) is 0 Å². The summed E-state index contributed by atoms with van der Waals surface area (Å²) in [4.78, 5) is 17.0. The molecule has 24 heavy (non-hydrogen) atoms. The van der Waals surface area contributed by atoms with Crippen molar-refractivity contribution in [2.75, 3.05) is 5.32 Å². The summed E-state index contributed by atoms with van der Waals surface area (Å²) in [6, 6.07) is 4.25. The minimum atomic E-state index is 0.419. The van der Waals surface area contributed by atoms with Gasteiger partial charge in [0.2, 0.25) is 5.95 Å². The van der Waals surface area contributed by atoms with Gasteiger partial charge in [0.1, 0.15) is 5.65 Å². The molecule has 1 atom stereocenters. The topological polar surface area (TPSA) is 83.8 Å². The minimum Gasteiger partial charge on any atom is -0.351 e. The van der Waals surface area contributed by atoms with Crippen molar-refractivity contribution >= 4 is 22.6 Å². The third-order valence-corrected chi connectivity index (χ3v) is 4.65. The van der Waals surface area contributed by atoms with Crippen molar-refractivity contribution in [3.8, 4) is 11.3 Å². The molecule has 0 amide bonds. The molecule has 0 aromatic carbocycles. The summed E-state index contributed by atoms with van der Waals surface area (Å²) in [6.45, 7) is 2.19. The summed E-state index contributed by atoms with van der Waals surface area (Å²) in [7, 11) is 0. The molecule has 120 valence electrons. The molecule has 4 aromatic rings. The van der Waals surface area contributed by atoms with E-state index in [4.69, 9.17) is 0 Å². The highest BCUT2D eigenvalue weighted by Crippen LogP contribution is 2.34. The van der Waals surface area contributed by atoms with Gasteiger partial charge in [-0.2, -0.15) is 10.1 Å². The Hall–Kier alpha value is -2.96. The van der Waals surface area contributed by atoms with Gasteiger partial charge >= 0.3 is 0 Å². The second-order valence-corrected chi connectivity index (χ2v) is 6.38. The van der Waals surface area contributed by atoms with Crippen LogP contribution in [0.1, 0.15) is 19.8 Å². The number of hydrogen-bond donors (Lipinski definition) is 2. The lowest BCUT2D eigenvalue weighted by atomic mass is 10.2. The Kier molecular flexibility index (Phi) is 2.82. The first-order valence-electron chi connectivity index (χ1n) is 8.19. The van der Waals surface area contributed by atoms with E-state index in [9.17, 15) is 0 Å². The molecule has 7 nitrogen and oxygen atoms in total. The lowest BCUT2D eigenvalue weighted by molar-refractivity contribution is 0.687. The van der Waals surface area contributed by atoms with Crippen molar-refractivity contribution in [2.24, 2.45) is 5.92 Å². The van der Waals surface area contributed by atoms with Gasteiger partial charge in [0.25, 0.3) is 0 Å². The molecule has 2 N–H and O–H groups in total. The van der Waals surface area contributed by atoms with E-state index >= 15 is 0 Å². The van der Waals surface area contributed by atoms with Crippen LogP contribution in [0.15, 0.2) is 36.9 Å². The molecule has 1 aliphatic rings. The van der Waals surface area contributed by atoms with E-state index in [1.165, 1.54) is 12.8 Å². The zero-order chi connectivity index (χ0) is 16.1.